The first-order valence-corrected chi connectivity index (χ1v) is 9.85. The summed E-state index contributed by atoms with van der Waals surface area (Å²) in [5.41, 5.74) is 1.61. The fourth-order valence-electron chi connectivity index (χ4n) is 3.62. The van der Waals surface area contributed by atoms with Crippen LogP contribution in [-0.2, 0) is 0 Å². The predicted octanol–water partition coefficient (Wildman–Crippen LogP) is 2.76. The van der Waals surface area contributed by atoms with Crippen molar-refractivity contribution in [2.24, 2.45) is 0 Å². The molecule has 0 saturated carbocycles. The first-order chi connectivity index (χ1) is 14.6. The van der Waals surface area contributed by atoms with Gasteiger partial charge in [-0.15, -0.1) is 0 Å². The number of carbonyl (C=O) groups is 1. The monoisotopic (exact) mass is 408 g/mol. The zero-order valence-electron chi connectivity index (χ0n) is 17.0. The molecule has 0 aliphatic carbocycles. The van der Waals surface area contributed by atoms with E-state index >= 15 is 0 Å². The summed E-state index contributed by atoms with van der Waals surface area (Å²) in [5, 5.41) is 14.5. The van der Waals surface area contributed by atoms with Crippen molar-refractivity contribution in [1.82, 2.24) is 15.0 Å². The number of pyridine rings is 1. The Morgan fingerprint density at radius 3 is 2.47 bits per heavy atom. The lowest BCUT2D eigenvalue weighted by Gasteiger charge is -2.35. The summed E-state index contributed by atoms with van der Waals surface area (Å²) in [7, 11) is 1.59. The van der Waals surface area contributed by atoms with Crippen LogP contribution in [0.25, 0.3) is 11.3 Å². The first kappa shape index (κ1) is 19.9. The van der Waals surface area contributed by atoms with Crippen LogP contribution in [-0.4, -0.2) is 59.3 Å². The maximum atomic E-state index is 13.1. The van der Waals surface area contributed by atoms with Crippen LogP contribution in [0, 0.1) is 0 Å². The van der Waals surface area contributed by atoms with Crippen LogP contribution in [0.2, 0.25) is 0 Å². The smallest absolute Gasteiger partial charge is 0.293 e. The topological polar surface area (TPSA) is 91.9 Å². The molecule has 0 spiro atoms. The number of aliphatic hydroxyl groups is 1. The maximum absolute atomic E-state index is 13.1. The van der Waals surface area contributed by atoms with E-state index in [4.69, 9.17) is 9.26 Å². The third-order valence-electron chi connectivity index (χ3n) is 5.24. The number of piperazine rings is 1. The molecule has 156 valence electrons. The zero-order chi connectivity index (χ0) is 21.1. The number of rotatable bonds is 5. The third-order valence-corrected chi connectivity index (χ3v) is 5.24. The maximum Gasteiger partial charge on any atom is 0.293 e. The van der Waals surface area contributed by atoms with E-state index in [1.807, 2.05) is 30.3 Å². The molecule has 2 aromatic heterocycles. The molecule has 0 bridgehead atoms. The van der Waals surface area contributed by atoms with Crippen molar-refractivity contribution in [2.45, 2.75) is 13.0 Å². The van der Waals surface area contributed by atoms with Gasteiger partial charge in [0.25, 0.3) is 5.91 Å². The molecule has 3 aromatic rings. The minimum Gasteiger partial charge on any atom is -0.497 e. The lowest BCUT2D eigenvalue weighted by molar-refractivity contribution is 0.0696. The summed E-state index contributed by atoms with van der Waals surface area (Å²) in [6.07, 6.45) is 0.860. The molecule has 1 aromatic carbocycles. The Bertz CT molecular complexity index is 994. The van der Waals surface area contributed by atoms with E-state index in [2.05, 4.69) is 15.0 Å². The van der Waals surface area contributed by atoms with Crippen LogP contribution < -0.4 is 9.64 Å². The molecule has 4 rings (SSSR count). The molecule has 1 aliphatic heterocycles. The number of amides is 1. The Balaban J connectivity index is 1.54. The molecule has 1 fully saturated rings. The number of aliphatic hydroxyl groups excluding tert-OH is 1. The number of hydrogen-bond acceptors (Lipinski definition) is 7. The average molecular weight is 408 g/mol. The zero-order valence-corrected chi connectivity index (χ0v) is 17.0. The van der Waals surface area contributed by atoms with Gasteiger partial charge in [-0.1, -0.05) is 11.2 Å². The van der Waals surface area contributed by atoms with Crippen LogP contribution in [0.15, 0.2) is 53.2 Å². The van der Waals surface area contributed by atoms with Gasteiger partial charge in [0.15, 0.2) is 0 Å². The number of methoxy groups -OCH3 is 1. The SMILES string of the molecule is COc1ccc(-c2noc(C(=O)N3CCN(c4ccccn4)CC3)c2C(C)O)cc1. The van der Waals surface area contributed by atoms with Gasteiger partial charge in [0, 0.05) is 37.9 Å². The number of aromatic nitrogens is 2. The van der Waals surface area contributed by atoms with Gasteiger partial charge in [-0.2, -0.15) is 0 Å². The number of carbonyl (C=O) groups excluding carboxylic acids is 1. The Morgan fingerprint density at radius 2 is 1.87 bits per heavy atom. The van der Waals surface area contributed by atoms with Gasteiger partial charge < -0.3 is 24.2 Å². The van der Waals surface area contributed by atoms with Crippen molar-refractivity contribution >= 4 is 11.7 Å². The Hall–Kier alpha value is -3.39. The number of ether oxygens (including phenoxy) is 1. The standard InChI is InChI=1S/C22H24N4O4/c1-15(27)19-20(16-6-8-17(29-2)9-7-16)24-30-21(19)22(28)26-13-11-25(12-14-26)18-5-3-4-10-23-18/h3-10,15,27H,11-14H2,1-2H3. The largest absolute Gasteiger partial charge is 0.497 e. The van der Waals surface area contributed by atoms with Crippen molar-refractivity contribution in [1.29, 1.82) is 0 Å². The van der Waals surface area contributed by atoms with Crippen molar-refractivity contribution in [3.05, 3.63) is 60.0 Å². The van der Waals surface area contributed by atoms with Crippen LogP contribution in [0.3, 0.4) is 0 Å². The second-order valence-corrected chi connectivity index (χ2v) is 7.15. The highest BCUT2D eigenvalue weighted by Gasteiger charge is 2.31. The average Bonchev–Trinajstić information content (AvgIpc) is 3.25. The minimum atomic E-state index is -0.901. The van der Waals surface area contributed by atoms with Crippen molar-refractivity contribution in [3.63, 3.8) is 0 Å². The second-order valence-electron chi connectivity index (χ2n) is 7.15. The summed E-state index contributed by atoms with van der Waals surface area (Å²) < 4.78 is 10.6. The molecule has 1 N–H and O–H groups in total. The van der Waals surface area contributed by atoms with E-state index in [1.54, 1.807) is 37.3 Å². The summed E-state index contributed by atoms with van der Waals surface area (Å²) in [4.78, 5) is 21.4. The van der Waals surface area contributed by atoms with Crippen LogP contribution in [0.1, 0.15) is 29.1 Å². The summed E-state index contributed by atoms with van der Waals surface area (Å²) in [6.45, 7) is 4.02. The Kier molecular flexibility index (Phi) is 5.67. The summed E-state index contributed by atoms with van der Waals surface area (Å²) in [5.74, 6) is 1.43. The van der Waals surface area contributed by atoms with Gasteiger partial charge in [-0.3, -0.25) is 4.79 Å². The van der Waals surface area contributed by atoms with Gasteiger partial charge in [0.1, 0.15) is 17.3 Å². The van der Waals surface area contributed by atoms with Gasteiger partial charge in [0.2, 0.25) is 5.76 Å². The number of hydrogen-bond donors (Lipinski definition) is 1. The Morgan fingerprint density at radius 1 is 1.13 bits per heavy atom. The van der Waals surface area contributed by atoms with E-state index in [-0.39, 0.29) is 11.7 Å². The number of nitrogens with zero attached hydrogens (tertiary/aromatic N) is 4. The summed E-state index contributed by atoms with van der Waals surface area (Å²) >= 11 is 0. The third kappa shape index (κ3) is 3.86. The molecule has 1 aliphatic rings. The van der Waals surface area contributed by atoms with Crippen molar-refractivity contribution < 1.29 is 19.2 Å². The van der Waals surface area contributed by atoms with E-state index in [9.17, 15) is 9.90 Å². The highest BCUT2D eigenvalue weighted by atomic mass is 16.5. The number of anilines is 1. The molecule has 1 atom stereocenters. The molecule has 30 heavy (non-hydrogen) atoms. The van der Waals surface area contributed by atoms with Gasteiger partial charge in [-0.25, -0.2) is 4.98 Å². The molecule has 8 nitrogen and oxygen atoms in total. The lowest BCUT2D eigenvalue weighted by atomic mass is 10.0. The molecule has 8 heteroatoms. The lowest BCUT2D eigenvalue weighted by Crippen LogP contribution is -2.49. The van der Waals surface area contributed by atoms with Gasteiger partial charge in [-0.05, 0) is 43.3 Å². The van der Waals surface area contributed by atoms with E-state index in [0.717, 1.165) is 11.4 Å². The van der Waals surface area contributed by atoms with Crippen molar-refractivity contribution in [2.75, 3.05) is 38.2 Å². The molecule has 3 heterocycles. The van der Waals surface area contributed by atoms with Crippen LogP contribution in [0.4, 0.5) is 5.82 Å². The quantitative estimate of drug-likeness (QED) is 0.694. The molecule has 1 unspecified atom stereocenters. The van der Waals surface area contributed by atoms with E-state index in [1.165, 1.54) is 0 Å². The fraction of sp³-hybridized carbons (Fsp3) is 0.318. The normalized spacial score (nSPS) is 15.2. The van der Waals surface area contributed by atoms with Gasteiger partial charge in [0.05, 0.1) is 18.8 Å². The van der Waals surface area contributed by atoms with Gasteiger partial charge >= 0.3 is 0 Å². The summed E-state index contributed by atoms with van der Waals surface area (Å²) in [6, 6.07) is 13.0. The Labute approximate surface area is 174 Å². The highest BCUT2D eigenvalue weighted by molar-refractivity contribution is 5.95. The van der Waals surface area contributed by atoms with Crippen LogP contribution >= 0.6 is 0 Å². The molecule has 1 amide bonds. The van der Waals surface area contributed by atoms with E-state index in [0.29, 0.717) is 43.2 Å². The highest BCUT2D eigenvalue weighted by Crippen LogP contribution is 2.32. The molecule has 1 saturated heterocycles. The van der Waals surface area contributed by atoms with Crippen molar-refractivity contribution in [3.8, 4) is 17.0 Å². The second kappa shape index (κ2) is 8.54. The fourth-order valence-corrected chi connectivity index (χ4v) is 3.62. The number of benzene rings is 1. The minimum absolute atomic E-state index is 0.0853. The molecular weight excluding hydrogens is 384 g/mol. The molecular formula is C22H24N4O4. The molecule has 0 radical (unpaired) electrons. The van der Waals surface area contributed by atoms with Crippen LogP contribution in [0.5, 0.6) is 5.75 Å². The first-order valence-electron chi connectivity index (χ1n) is 9.85. The van der Waals surface area contributed by atoms with E-state index < -0.39 is 6.10 Å². The predicted molar refractivity (Wildman–Crippen MR) is 111 cm³/mol.